The maximum Gasteiger partial charge on any atom is 0.312 e. The lowest BCUT2D eigenvalue weighted by atomic mass is 10.5. The lowest BCUT2D eigenvalue weighted by Gasteiger charge is -2.01. The van der Waals surface area contributed by atoms with E-state index in [0.717, 1.165) is 6.26 Å². The fourth-order valence-electron chi connectivity index (χ4n) is 0.563. The zero-order valence-corrected chi connectivity index (χ0v) is 8.06. The van der Waals surface area contributed by atoms with Crippen molar-refractivity contribution in [1.29, 1.82) is 0 Å². The molecule has 1 heterocycles. The van der Waals surface area contributed by atoms with E-state index < -0.39 is 15.1 Å². The van der Waals surface area contributed by atoms with Crippen LogP contribution in [0.15, 0.2) is 4.42 Å². The van der Waals surface area contributed by atoms with Crippen molar-refractivity contribution in [2.24, 2.45) is 0 Å². The summed E-state index contributed by atoms with van der Waals surface area (Å²) in [5.41, 5.74) is 0. The lowest BCUT2D eigenvalue weighted by molar-refractivity contribution is 0.487. The Balaban J connectivity index is 3.01. The normalized spacial score (nSPS) is 14.6. The molecule has 0 spiro atoms. The highest BCUT2D eigenvalue weighted by Gasteiger charge is 2.22. The van der Waals surface area contributed by atoms with Gasteiger partial charge in [0.05, 0.1) is 0 Å². The van der Waals surface area contributed by atoms with Gasteiger partial charge in [0.25, 0.3) is 0 Å². The molecule has 1 aromatic rings. The Bertz CT molecular complexity index is 372. The quantitative estimate of drug-likeness (QED) is 0.723. The minimum Gasteiger partial charge on any atom is -0.411 e. The highest BCUT2D eigenvalue weighted by molar-refractivity contribution is 7.90. The number of nitrogens with zero attached hydrogens (tertiary/aromatic N) is 2. The molecule has 7 heteroatoms. The van der Waals surface area contributed by atoms with Crippen LogP contribution in [0.5, 0.6) is 0 Å². The van der Waals surface area contributed by atoms with E-state index in [1.54, 1.807) is 0 Å². The molecular formula is C5H7ClN2O3S. The number of aromatic nitrogens is 2. The van der Waals surface area contributed by atoms with Crippen LogP contribution in [-0.4, -0.2) is 24.9 Å². The SMILES string of the molecule is CC(c1nnc(Cl)o1)S(C)(=O)=O. The van der Waals surface area contributed by atoms with Crippen LogP contribution < -0.4 is 0 Å². The van der Waals surface area contributed by atoms with Crippen molar-refractivity contribution in [1.82, 2.24) is 10.2 Å². The van der Waals surface area contributed by atoms with Crippen molar-refractivity contribution in [3.8, 4) is 0 Å². The molecule has 0 aliphatic rings. The van der Waals surface area contributed by atoms with Gasteiger partial charge in [0.1, 0.15) is 5.25 Å². The molecule has 5 nitrogen and oxygen atoms in total. The Morgan fingerprint density at radius 3 is 2.42 bits per heavy atom. The van der Waals surface area contributed by atoms with E-state index in [4.69, 9.17) is 16.0 Å². The molecule has 1 rings (SSSR count). The Kier molecular flexibility index (Phi) is 2.39. The van der Waals surface area contributed by atoms with Crippen molar-refractivity contribution in [3.63, 3.8) is 0 Å². The van der Waals surface area contributed by atoms with Crippen LogP contribution in [0, 0.1) is 0 Å². The van der Waals surface area contributed by atoms with Gasteiger partial charge < -0.3 is 4.42 Å². The molecule has 0 saturated heterocycles. The predicted molar refractivity (Wildman–Crippen MR) is 42.6 cm³/mol. The smallest absolute Gasteiger partial charge is 0.312 e. The first-order valence-electron chi connectivity index (χ1n) is 3.09. The zero-order valence-electron chi connectivity index (χ0n) is 6.48. The number of hydrogen-bond donors (Lipinski definition) is 0. The summed E-state index contributed by atoms with van der Waals surface area (Å²) in [5.74, 6) is 0.0162. The fraction of sp³-hybridized carbons (Fsp3) is 0.600. The minimum atomic E-state index is -3.20. The van der Waals surface area contributed by atoms with Crippen molar-refractivity contribution in [2.75, 3.05) is 6.26 Å². The number of hydrogen-bond acceptors (Lipinski definition) is 5. The Morgan fingerprint density at radius 1 is 1.50 bits per heavy atom. The average Bonchev–Trinajstić information content (AvgIpc) is 2.32. The van der Waals surface area contributed by atoms with Crippen LogP contribution in [0.25, 0.3) is 0 Å². The van der Waals surface area contributed by atoms with Crippen LogP contribution in [0.1, 0.15) is 18.1 Å². The molecule has 1 unspecified atom stereocenters. The third-order valence-corrected chi connectivity index (χ3v) is 3.04. The fourth-order valence-corrected chi connectivity index (χ4v) is 1.14. The zero-order chi connectivity index (χ0) is 9.35. The van der Waals surface area contributed by atoms with Crippen molar-refractivity contribution < 1.29 is 12.8 Å². The molecule has 0 bridgehead atoms. The van der Waals surface area contributed by atoms with Crippen LogP contribution in [-0.2, 0) is 9.84 Å². The van der Waals surface area contributed by atoms with Gasteiger partial charge in [0, 0.05) is 6.26 Å². The van der Waals surface area contributed by atoms with Gasteiger partial charge in [-0.15, -0.1) is 5.10 Å². The summed E-state index contributed by atoms with van der Waals surface area (Å²) in [4.78, 5) is 0. The molecule has 1 aromatic heterocycles. The molecule has 0 aliphatic heterocycles. The van der Waals surface area contributed by atoms with Gasteiger partial charge in [-0.3, -0.25) is 0 Å². The average molecular weight is 211 g/mol. The summed E-state index contributed by atoms with van der Waals surface area (Å²) in [6, 6.07) is 0. The maximum atomic E-state index is 11.0. The summed E-state index contributed by atoms with van der Waals surface area (Å²) < 4.78 is 26.7. The van der Waals surface area contributed by atoms with E-state index in [-0.39, 0.29) is 11.2 Å². The van der Waals surface area contributed by atoms with E-state index in [9.17, 15) is 8.42 Å². The second-order valence-electron chi connectivity index (χ2n) is 2.37. The highest BCUT2D eigenvalue weighted by Crippen LogP contribution is 2.20. The van der Waals surface area contributed by atoms with Gasteiger partial charge in [-0.2, -0.15) is 0 Å². The first kappa shape index (κ1) is 9.47. The van der Waals surface area contributed by atoms with E-state index >= 15 is 0 Å². The molecular weight excluding hydrogens is 204 g/mol. The lowest BCUT2D eigenvalue weighted by Crippen LogP contribution is -2.07. The topological polar surface area (TPSA) is 73.1 Å². The number of halogens is 1. The highest BCUT2D eigenvalue weighted by atomic mass is 35.5. The third-order valence-electron chi connectivity index (χ3n) is 1.41. The van der Waals surface area contributed by atoms with E-state index in [2.05, 4.69) is 10.2 Å². The summed E-state index contributed by atoms with van der Waals surface area (Å²) >= 11 is 5.32. The van der Waals surface area contributed by atoms with Crippen molar-refractivity contribution in [2.45, 2.75) is 12.2 Å². The molecule has 0 amide bonds. The molecule has 0 radical (unpaired) electrons. The van der Waals surface area contributed by atoms with Gasteiger partial charge >= 0.3 is 5.35 Å². The summed E-state index contributed by atoms with van der Waals surface area (Å²) in [5, 5.41) is 5.83. The number of rotatable bonds is 2. The predicted octanol–water partition coefficient (Wildman–Crippen LogP) is 0.829. The second-order valence-corrected chi connectivity index (χ2v) is 5.05. The molecule has 12 heavy (non-hydrogen) atoms. The van der Waals surface area contributed by atoms with Gasteiger partial charge in [-0.25, -0.2) is 8.42 Å². The van der Waals surface area contributed by atoms with Crippen molar-refractivity contribution >= 4 is 21.4 Å². The molecule has 0 aliphatic carbocycles. The van der Waals surface area contributed by atoms with Crippen LogP contribution in [0.2, 0.25) is 5.35 Å². The third kappa shape index (κ3) is 1.95. The molecule has 68 valence electrons. The molecule has 0 saturated carbocycles. The van der Waals surface area contributed by atoms with E-state index in [0.29, 0.717) is 0 Å². The first-order valence-corrected chi connectivity index (χ1v) is 5.42. The van der Waals surface area contributed by atoms with Gasteiger partial charge in [-0.05, 0) is 18.5 Å². The van der Waals surface area contributed by atoms with Crippen molar-refractivity contribution in [3.05, 3.63) is 11.2 Å². The molecule has 0 fully saturated rings. The monoisotopic (exact) mass is 210 g/mol. The summed E-state index contributed by atoms with van der Waals surface area (Å²) in [7, 11) is -3.20. The summed E-state index contributed by atoms with van der Waals surface area (Å²) in [6.45, 7) is 1.46. The maximum absolute atomic E-state index is 11.0. The van der Waals surface area contributed by atoms with Crippen LogP contribution in [0.3, 0.4) is 0 Å². The van der Waals surface area contributed by atoms with Gasteiger partial charge in [-0.1, -0.05) is 5.10 Å². The van der Waals surface area contributed by atoms with E-state index in [1.165, 1.54) is 6.92 Å². The first-order chi connectivity index (χ1) is 5.41. The van der Waals surface area contributed by atoms with Gasteiger partial charge in [0.2, 0.25) is 5.89 Å². The summed E-state index contributed by atoms with van der Waals surface area (Å²) in [6.07, 6.45) is 1.09. The van der Waals surface area contributed by atoms with Gasteiger partial charge in [0.15, 0.2) is 9.84 Å². The Labute approximate surface area is 74.7 Å². The Morgan fingerprint density at radius 2 is 2.08 bits per heavy atom. The van der Waals surface area contributed by atoms with Crippen LogP contribution >= 0.6 is 11.6 Å². The molecule has 0 aromatic carbocycles. The standard InChI is InChI=1S/C5H7ClN2O3S/c1-3(12(2,9)10)4-7-8-5(6)11-4/h3H,1-2H3. The molecule has 1 atom stereocenters. The minimum absolute atomic E-state index is 0.0162. The Hall–Kier alpha value is -0.620. The van der Waals surface area contributed by atoms with E-state index in [1.807, 2.05) is 0 Å². The second kappa shape index (κ2) is 3.02. The molecule has 0 N–H and O–H groups in total. The largest absolute Gasteiger partial charge is 0.411 e. The van der Waals surface area contributed by atoms with Crippen LogP contribution in [0.4, 0.5) is 0 Å². The number of sulfone groups is 1.